The molecule has 8 heavy (non-hydrogen) atoms. The molecule has 0 aromatic carbocycles. The first kappa shape index (κ1) is 5.56. The Balaban J connectivity index is 3.13. The lowest BCUT2D eigenvalue weighted by molar-refractivity contribution is -0.617. The van der Waals surface area contributed by atoms with Crippen LogP contribution in [0.1, 0.15) is 0 Å². The normalized spacial score (nSPS) is 9.12. The Morgan fingerprint density at radius 2 is 2.25 bits per heavy atom. The highest BCUT2D eigenvalue weighted by atomic mass is 79.9. The van der Waals surface area contributed by atoms with Crippen LogP contribution in [0.3, 0.4) is 0 Å². The third-order valence-corrected chi connectivity index (χ3v) is 1.46. The van der Waals surface area contributed by atoms with E-state index < -0.39 is 0 Å². The van der Waals surface area contributed by atoms with Gasteiger partial charge in [-0.2, -0.15) is 0 Å². The molecule has 0 amide bonds. The molecule has 0 aliphatic heterocycles. The second-order valence-corrected chi connectivity index (χ2v) is 2.21. The summed E-state index contributed by atoms with van der Waals surface area (Å²) in [5, 5.41) is 0. The van der Waals surface area contributed by atoms with E-state index in [2.05, 4.69) is 15.9 Å². The summed E-state index contributed by atoms with van der Waals surface area (Å²) in [6.07, 6.45) is 1.66. The Labute approximate surface area is 56.0 Å². The quantitative estimate of drug-likeness (QED) is 0.420. The molecule has 0 bridgehead atoms. The van der Waals surface area contributed by atoms with Gasteiger partial charge in [0.05, 0.1) is 0 Å². The van der Waals surface area contributed by atoms with Crippen LogP contribution in [0.25, 0.3) is 5.84 Å². The van der Waals surface area contributed by atoms with Crippen molar-refractivity contribution in [1.82, 2.24) is 0 Å². The Morgan fingerprint density at radius 3 is 2.62 bits per heavy atom. The molecule has 1 aromatic heterocycles. The lowest BCUT2D eigenvalue weighted by Crippen LogP contribution is -2.23. The monoisotopic (exact) mass is 172 g/mol. The number of hydrogen-bond acceptors (Lipinski definition) is 0. The van der Waals surface area contributed by atoms with Gasteiger partial charge in [0.15, 0.2) is 6.20 Å². The molecule has 0 spiro atoms. The van der Waals surface area contributed by atoms with Crippen molar-refractivity contribution in [3.05, 3.63) is 34.8 Å². The van der Waals surface area contributed by atoms with Crippen molar-refractivity contribution in [2.24, 2.45) is 0 Å². The first-order chi connectivity index (χ1) is 3.80. The van der Waals surface area contributed by atoms with Crippen molar-refractivity contribution in [3.8, 4) is 0 Å². The van der Waals surface area contributed by atoms with E-state index in [1.807, 2.05) is 12.1 Å². The van der Waals surface area contributed by atoms with Crippen LogP contribution in [-0.4, -0.2) is 0 Å². The van der Waals surface area contributed by atoms with Crippen molar-refractivity contribution >= 4 is 15.9 Å². The van der Waals surface area contributed by atoms with E-state index >= 15 is 0 Å². The van der Waals surface area contributed by atoms with Gasteiger partial charge in [0.25, 0.3) is 0 Å². The van der Waals surface area contributed by atoms with Crippen molar-refractivity contribution < 1.29 is 4.68 Å². The van der Waals surface area contributed by atoms with Gasteiger partial charge in [-0.25, -0.2) is 4.68 Å². The second kappa shape index (κ2) is 2.13. The van der Waals surface area contributed by atoms with Crippen LogP contribution in [0.2, 0.25) is 0 Å². The van der Waals surface area contributed by atoms with E-state index in [-0.39, 0.29) is 0 Å². The first-order valence-corrected chi connectivity index (χ1v) is 2.98. The fourth-order valence-corrected chi connectivity index (χ4v) is 0.693. The highest BCUT2D eigenvalue weighted by Gasteiger charge is 1.90. The number of nitrogens with one attached hydrogen (secondary N) is 1. The van der Waals surface area contributed by atoms with Crippen LogP contribution in [0.15, 0.2) is 29.0 Å². The third kappa shape index (κ3) is 0.980. The van der Waals surface area contributed by atoms with Gasteiger partial charge in [-0.15, -0.1) is 0 Å². The van der Waals surface area contributed by atoms with Crippen molar-refractivity contribution in [3.63, 3.8) is 0 Å². The lowest BCUT2D eigenvalue weighted by Gasteiger charge is -1.93. The van der Waals surface area contributed by atoms with Crippen molar-refractivity contribution in [1.29, 1.82) is 0 Å². The SMILES string of the molecule is [NH-][n+]1ccccc1Br. The molecular formula is C5H5BrN2. The molecule has 0 saturated heterocycles. The zero-order valence-corrected chi connectivity index (χ0v) is 5.72. The van der Waals surface area contributed by atoms with Crippen LogP contribution < -0.4 is 4.68 Å². The largest absolute Gasteiger partial charge is 0.448 e. The summed E-state index contributed by atoms with van der Waals surface area (Å²) in [4.78, 5) is 0. The average molecular weight is 173 g/mol. The number of pyridine rings is 1. The van der Waals surface area contributed by atoms with Crippen LogP contribution >= 0.6 is 15.9 Å². The van der Waals surface area contributed by atoms with Gasteiger partial charge in [-0.05, 0) is 6.07 Å². The van der Waals surface area contributed by atoms with Gasteiger partial charge in [-0.3, -0.25) is 0 Å². The average Bonchev–Trinajstić information content (AvgIpc) is 1.77. The molecule has 1 rings (SSSR count). The highest BCUT2D eigenvalue weighted by Crippen LogP contribution is 1.98. The van der Waals surface area contributed by atoms with Gasteiger partial charge < -0.3 is 5.84 Å². The summed E-state index contributed by atoms with van der Waals surface area (Å²) in [5.74, 6) is 7.09. The molecule has 0 unspecified atom stereocenters. The number of rotatable bonds is 0. The predicted octanol–water partition coefficient (Wildman–Crippen LogP) is 1.55. The number of nitrogens with zero attached hydrogens (tertiary/aromatic N) is 1. The number of aromatic nitrogens is 1. The summed E-state index contributed by atoms with van der Waals surface area (Å²) in [7, 11) is 0. The molecule has 0 aliphatic carbocycles. The summed E-state index contributed by atoms with van der Waals surface area (Å²) >= 11 is 3.17. The second-order valence-electron chi connectivity index (χ2n) is 1.39. The zero-order valence-electron chi connectivity index (χ0n) is 4.13. The van der Waals surface area contributed by atoms with Crippen LogP contribution in [-0.2, 0) is 0 Å². The first-order valence-electron chi connectivity index (χ1n) is 2.18. The molecule has 0 radical (unpaired) electrons. The van der Waals surface area contributed by atoms with Crippen LogP contribution in [0.5, 0.6) is 0 Å². The fraction of sp³-hybridized carbons (Fsp3) is 0. The fourth-order valence-electron chi connectivity index (χ4n) is 0.422. The van der Waals surface area contributed by atoms with Crippen LogP contribution in [0, 0.1) is 0 Å². The standard InChI is InChI=1S/C5H5BrN2/c6-5-3-1-2-4-8(5)7/h1-4,7H. The van der Waals surface area contributed by atoms with E-state index in [1.165, 1.54) is 4.68 Å². The maximum Gasteiger partial charge on any atom is 0.243 e. The number of hydrogen-bond donors (Lipinski definition) is 0. The smallest absolute Gasteiger partial charge is 0.243 e. The van der Waals surface area contributed by atoms with Crippen molar-refractivity contribution in [2.75, 3.05) is 0 Å². The molecule has 0 saturated carbocycles. The number of halogens is 1. The molecular weight excluding hydrogens is 168 g/mol. The van der Waals surface area contributed by atoms with Gasteiger partial charge in [0, 0.05) is 28.1 Å². The molecule has 0 atom stereocenters. The zero-order chi connectivity index (χ0) is 5.98. The Morgan fingerprint density at radius 1 is 1.50 bits per heavy atom. The molecule has 42 valence electrons. The maximum atomic E-state index is 7.09. The van der Waals surface area contributed by atoms with E-state index in [0.717, 1.165) is 4.60 Å². The van der Waals surface area contributed by atoms with Gasteiger partial charge in [-0.1, -0.05) is 0 Å². The predicted molar refractivity (Wildman–Crippen MR) is 34.1 cm³/mol. The Bertz CT molecular complexity index is 167. The Hall–Kier alpha value is -0.570. The van der Waals surface area contributed by atoms with Gasteiger partial charge in [0.1, 0.15) is 0 Å². The molecule has 1 N–H and O–H groups in total. The summed E-state index contributed by atoms with van der Waals surface area (Å²) < 4.78 is 2.01. The molecule has 1 aromatic rings. The van der Waals surface area contributed by atoms with E-state index in [9.17, 15) is 0 Å². The molecule has 1 heterocycles. The molecule has 2 nitrogen and oxygen atoms in total. The summed E-state index contributed by atoms with van der Waals surface area (Å²) in [6.45, 7) is 0. The Kier molecular flexibility index (Phi) is 1.48. The minimum Gasteiger partial charge on any atom is -0.448 e. The highest BCUT2D eigenvalue weighted by molar-refractivity contribution is 9.10. The third-order valence-electron chi connectivity index (χ3n) is 0.810. The van der Waals surface area contributed by atoms with E-state index in [4.69, 9.17) is 5.84 Å². The topological polar surface area (TPSA) is 27.7 Å². The molecule has 3 heteroatoms. The maximum absolute atomic E-state index is 7.09. The summed E-state index contributed by atoms with van der Waals surface area (Å²) in [6, 6.07) is 5.49. The minimum absolute atomic E-state index is 0.764. The minimum atomic E-state index is 0.764. The van der Waals surface area contributed by atoms with Crippen molar-refractivity contribution in [2.45, 2.75) is 0 Å². The van der Waals surface area contributed by atoms with E-state index in [1.54, 1.807) is 12.3 Å². The summed E-state index contributed by atoms with van der Waals surface area (Å²) in [5.41, 5.74) is 0. The molecule has 0 fully saturated rings. The van der Waals surface area contributed by atoms with Gasteiger partial charge >= 0.3 is 0 Å². The van der Waals surface area contributed by atoms with Gasteiger partial charge in [0.2, 0.25) is 4.60 Å². The van der Waals surface area contributed by atoms with Crippen LogP contribution in [0.4, 0.5) is 0 Å². The van der Waals surface area contributed by atoms with E-state index in [0.29, 0.717) is 0 Å². The lowest BCUT2D eigenvalue weighted by atomic mass is 10.5. The molecule has 0 aliphatic rings.